The van der Waals surface area contributed by atoms with Crippen molar-refractivity contribution < 1.29 is 33.8 Å². The van der Waals surface area contributed by atoms with Crippen LogP contribution in [0.4, 0.5) is 11.4 Å². The zero-order chi connectivity index (χ0) is 37.2. The number of rotatable bonds is 8. The number of carbonyl (C=O) groups is 4. The highest BCUT2D eigenvalue weighted by Crippen LogP contribution is 2.65. The fourth-order valence-electron chi connectivity index (χ4n) is 9.06. The lowest BCUT2D eigenvalue weighted by atomic mass is 9.49. The van der Waals surface area contributed by atoms with Crippen molar-refractivity contribution in [2.45, 2.75) is 31.1 Å². The Balaban J connectivity index is 1.36. The van der Waals surface area contributed by atoms with Gasteiger partial charge in [0.05, 0.1) is 53.3 Å². The number of nitrogens with zero attached hydrogens (tertiary/aromatic N) is 2. The summed E-state index contributed by atoms with van der Waals surface area (Å²) in [5, 5.41) is 13.5. The molecule has 270 valence electrons. The molecular weight excluding hydrogens is 717 g/mol. The number of ether oxygens (including phenoxy) is 2. The van der Waals surface area contributed by atoms with Crippen LogP contribution in [0.1, 0.15) is 36.8 Å². The fraction of sp³-hybridized carbons (Fsp3) is 0.268. The van der Waals surface area contributed by atoms with Gasteiger partial charge in [-0.15, -0.1) is 0 Å². The number of phenols is 1. The van der Waals surface area contributed by atoms with E-state index in [9.17, 15) is 19.5 Å². The molecule has 4 aromatic carbocycles. The first-order chi connectivity index (χ1) is 25.6. The first-order valence-electron chi connectivity index (χ1n) is 17.4. The molecule has 6 unspecified atom stereocenters. The van der Waals surface area contributed by atoms with Crippen LogP contribution in [-0.4, -0.2) is 47.5 Å². The van der Waals surface area contributed by atoms with Crippen LogP contribution in [0.2, 0.25) is 10.0 Å². The van der Waals surface area contributed by atoms with Gasteiger partial charge in [0.1, 0.15) is 5.75 Å². The lowest BCUT2D eigenvalue weighted by Crippen LogP contribution is -2.53. The summed E-state index contributed by atoms with van der Waals surface area (Å²) in [6.07, 6.45) is 2.26. The number of fused-ring (bicyclic) bond motifs is 4. The number of allylic oxidation sites excluding steroid dienone is 2. The third kappa shape index (κ3) is 5.21. The quantitative estimate of drug-likeness (QED) is 0.142. The van der Waals surface area contributed by atoms with Gasteiger partial charge in [0.2, 0.25) is 11.8 Å². The maximum Gasteiger partial charge on any atom is 0.260 e. The molecule has 2 saturated heterocycles. The molecular formula is C41H35Cl2N3O7. The number of aromatic hydroxyl groups is 1. The van der Waals surface area contributed by atoms with Crippen LogP contribution in [0.25, 0.3) is 0 Å². The van der Waals surface area contributed by atoms with E-state index in [1.165, 1.54) is 18.1 Å². The minimum absolute atomic E-state index is 0.0835. The first kappa shape index (κ1) is 34.7. The van der Waals surface area contributed by atoms with E-state index in [2.05, 4.69) is 5.43 Å². The Hall–Kier alpha value is -5.32. The van der Waals surface area contributed by atoms with Gasteiger partial charge >= 0.3 is 0 Å². The Labute approximate surface area is 315 Å². The molecule has 4 amide bonds. The SMILES string of the molecule is CCOc1cccc(C2C3=CCC4C(=O)N(c5ccccc5)C(=O)C4C3CC3C(=O)N(Nc4ccc(Cl)cc4Cl)C(=O)C32c2ccc(OC)cc2)c1O. The molecule has 12 heteroatoms. The Kier molecular flexibility index (Phi) is 8.70. The van der Waals surface area contributed by atoms with Crippen LogP contribution < -0.4 is 19.8 Å². The van der Waals surface area contributed by atoms with E-state index >= 15 is 4.79 Å². The summed E-state index contributed by atoms with van der Waals surface area (Å²) in [5.74, 6) is -5.28. The standard InChI is InChI=1S/C41H35Cl2N3O7/c1-3-53-33-11-7-10-28(36(33)47)35-26-17-18-27-34(39(50)45(37(27)48)24-8-5-4-6-9-24)29(26)21-30-38(49)46(44-32-19-14-23(42)20-31(32)43)40(51)41(30,35)22-12-15-25(52-2)16-13-22/h4-17,19-20,27,29-30,34-35,44,47H,3,18,21H2,1-2H3. The number of nitrogens with one attached hydrogen (secondary N) is 1. The molecule has 0 spiro atoms. The van der Waals surface area contributed by atoms with E-state index in [0.29, 0.717) is 33.2 Å². The van der Waals surface area contributed by atoms with E-state index in [1.54, 1.807) is 85.8 Å². The van der Waals surface area contributed by atoms with Crippen molar-refractivity contribution in [1.29, 1.82) is 0 Å². The van der Waals surface area contributed by atoms with Gasteiger partial charge < -0.3 is 14.6 Å². The average Bonchev–Trinajstić information content (AvgIpc) is 3.54. The number of carbonyl (C=O) groups excluding carboxylic acids is 4. The summed E-state index contributed by atoms with van der Waals surface area (Å²) in [6.45, 7) is 2.07. The molecule has 1 saturated carbocycles. The summed E-state index contributed by atoms with van der Waals surface area (Å²) in [7, 11) is 1.54. The summed E-state index contributed by atoms with van der Waals surface area (Å²) >= 11 is 12.7. The summed E-state index contributed by atoms with van der Waals surface area (Å²) in [6, 6.07) is 25.6. The highest BCUT2D eigenvalue weighted by molar-refractivity contribution is 6.36. The van der Waals surface area contributed by atoms with Crippen molar-refractivity contribution in [3.05, 3.63) is 124 Å². The Morgan fingerprint density at radius 3 is 2.34 bits per heavy atom. The number of imide groups is 2. The minimum Gasteiger partial charge on any atom is -0.504 e. The molecule has 2 heterocycles. The number of methoxy groups -OCH3 is 1. The van der Waals surface area contributed by atoms with E-state index in [1.807, 2.05) is 12.1 Å². The molecule has 4 aliphatic rings. The van der Waals surface area contributed by atoms with E-state index in [0.717, 1.165) is 5.01 Å². The third-order valence-corrected chi connectivity index (χ3v) is 11.8. The molecule has 8 rings (SSSR count). The molecule has 2 aliphatic heterocycles. The van der Waals surface area contributed by atoms with Crippen molar-refractivity contribution in [2.75, 3.05) is 24.0 Å². The number of amides is 4. The van der Waals surface area contributed by atoms with E-state index < -0.39 is 46.8 Å². The molecule has 0 radical (unpaired) electrons. The lowest BCUT2D eigenvalue weighted by Gasteiger charge is -2.50. The van der Waals surface area contributed by atoms with Crippen molar-refractivity contribution in [2.24, 2.45) is 23.7 Å². The second-order valence-electron chi connectivity index (χ2n) is 13.7. The second-order valence-corrected chi connectivity index (χ2v) is 14.5. The number of hydrogen-bond acceptors (Lipinski definition) is 8. The van der Waals surface area contributed by atoms with Gasteiger partial charge in [-0.25, -0.2) is 0 Å². The lowest BCUT2D eigenvalue weighted by molar-refractivity contribution is -0.138. The number of hydrogen-bond donors (Lipinski definition) is 2. The highest BCUT2D eigenvalue weighted by atomic mass is 35.5. The zero-order valence-electron chi connectivity index (χ0n) is 28.8. The molecule has 0 aromatic heterocycles. The van der Waals surface area contributed by atoms with Gasteiger partial charge in [0, 0.05) is 16.5 Å². The molecule has 53 heavy (non-hydrogen) atoms. The average molecular weight is 753 g/mol. The third-order valence-electron chi connectivity index (χ3n) is 11.2. The van der Waals surface area contributed by atoms with Gasteiger partial charge in [-0.05, 0) is 79.8 Å². The molecule has 0 bridgehead atoms. The number of benzene rings is 4. The van der Waals surface area contributed by atoms with Crippen LogP contribution in [0.15, 0.2) is 103 Å². The number of anilines is 2. The molecule has 2 aliphatic carbocycles. The molecule has 4 aromatic rings. The maximum atomic E-state index is 15.4. The van der Waals surface area contributed by atoms with Gasteiger partial charge in [-0.3, -0.25) is 29.5 Å². The summed E-state index contributed by atoms with van der Waals surface area (Å²) in [5.41, 5.74) is 3.68. The summed E-state index contributed by atoms with van der Waals surface area (Å²) < 4.78 is 11.3. The van der Waals surface area contributed by atoms with Crippen LogP contribution >= 0.6 is 23.2 Å². The monoisotopic (exact) mass is 751 g/mol. The van der Waals surface area contributed by atoms with E-state index in [4.69, 9.17) is 32.7 Å². The first-order valence-corrected chi connectivity index (χ1v) is 18.2. The topological polar surface area (TPSA) is 125 Å². The molecule has 10 nitrogen and oxygen atoms in total. The van der Waals surface area contributed by atoms with Gasteiger partial charge in [0.25, 0.3) is 11.8 Å². The Morgan fingerprint density at radius 2 is 1.64 bits per heavy atom. The molecule has 6 atom stereocenters. The number of phenolic OH excluding ortho intramolecular Hbond substituents is 1. The normalized spacial score (nSPS) is 26.2. The van der Waals surface area contributed by atoms with Crippen molar-refractivity contribution in [1.82, 2.24) is 5.01 Å². The number of hydrazine groups is 1. The van der Waals surface area contributed by atoms with Crippen molar-refractivity contribution in [3.63, 3.8) is 0 Å². The predicted molar refractivity (Wildman–Crippen MR) is 199 cm³/mol. The van der Waals surface area contributed by atoms with Crippen molar-refractivity contribution in [3.8, 4) is 17.2 Å². The molecule has 2 N–H and O–H groups in total. The number of para-hydroxylation sites is 2. The minimum atomic E-state index is -1.63. The van der Waals surface area contributed by atoms with Gasteiger partial charge in [-0.1, -0.05) is 77.3 Å². The number of halogens is 2. The molecule has 3 fully saturated rings. The second kappa shape index (κ2) is 13.3. The van der Waals surface area contributed by atoms with E-state index in [-0.39, 0.29) is 53.5 Å². The van der Waals surface area contributed by atoms with Crippen LogP contribution in [-0.2, 0) is 24.6 Å². The zero-order valence-corrected chi connectivity index (χ0v) is 30.3. The van der Waals surface area contributed by atoms with Crippen LogP contribution in [0.5, 0.6) is 17.2 Å². The largest absolute Gasteiger partial charge is 0.504 e. The Bertz CT molecular complexity index is 2190. The smallest absolute Gasteiger partial charge is 0.260 e. The van der Waals surface area contributed by atoms with Crippen LogP contribution in [0.3, 0.4) is 0 Å². The van der Waals surface area contributed by atoms with Gasteiger partial charge in [0.15, 0.2) is 11.5 Å². The predicted octanol–water partition coefficient (Wildman–Crippen LogP) is 7.30. The van der Waals surface area contributed by atoms with Crippen LogP contribution in [0, 0.1) is 23.7 Å². The highest BCUT2D eigenvalue weighted by Gasteiger charge is 2.70. The van der Waals surface area contributed by atoms with Gasteiger partial charge in [-0.2, -0.15) is 5.01 Å². The Morgan fingerprint density at radius 1 is 0.887 bits per heavy atom. The fourth-order valence-corrected chi connectivity index (χ4v) is 9.51. The maximum absolute atomic E-state index is 15.4. The summed E-state index contributed by atoms with van der Waals surface area (Å²) in [4.78, 5) is 60.1. The van der Waals surface area contributed by atoms with Crippen molar-refractivity contribution >= 4 is 58.2 Å².